The highest BCUT2D eigenvalue weighted by molar-refractivity contribution is 5.38. The van der Waals surface area contributed by atoms with Gasteiger partial charge in [-0.1, -0.05) is 13.8 Å². The van der Waals surface area contributed by atoms with Gasteiger partial charge in [0, 0.05) is 12.7 Å². The fourth-order valence-electron chi connectivity index (χ4n) is 1.10. The summed E-state index contributed by atoms with van der Waals surface area (Å²) in [5.74, 6) is 0.660. The van der Waals surface area contributed by atoms with Crippen LogP contribution in [-0.4, -0.2) is 16.3 Å². The monoisotopic (exact) mass is 195 g/mol. The Balaban J connectivity index is 2.60. The predicted octanol–water partition coefficient (Wildman–Crippen LogP) is 2.71. The van der Waals surface area contributed by atoms with Crippen molar-refractivity contribution < 1.29 is 0 Å². The van der Waals surface area contributed by atoms with Crippen molar-refractivity contribution in [1.82, 2.24) is 9.78 Å². The summed E-state index contributed by atoms with van der Waals surface area (Å²) >= 11 is 0. The summed E-state index contributed by atoms with van der Waals surface area (Å²) in [6.07, 6.45) is 3.94. The SMILES string of the molecule is CC(C)CNc1cnn(C(C)(C)C)c1. The number of rotatable bonds is 3. The topological polar surface area (TPSA) is 29.9 Å². The Morgan fingerprint density at radius 1 is 1.43 bits per heavy atom. The number of nitrogens with zero attached hydrogens (tertiary/aromatic N) is 2. The van der Waals surface area contributed by atoms with Gasteiger partial charge in [0.1, 0.15) is 0 Å². The third-order valence-electron chi connectivity index (χ3n) is 1.98. The van der Waals surface area contributed by atoms with Gasteiger partial charge in [-0.05, 0) is 26.7 Å². The molecule has 0 saturated heterocycles. The lowest BCUT2D eigenvalue weighted by Gasteiger charge is -2.18. The number of anilines is 1. The van der Waals surface area contributed by atoms with Crippen LogP contribution >= 0.6 is 0 Å². The van der Waals surface area contributed by atoms with Crippen LogP contribution in [-0.2, 0) is 5.54 Å². The molecule has 0 amide bonds. The second kappa shape index (κ2) is 4.03. The lowest BCUT2D eigenvalue weighted by Crippen LogP contribution is -2.21. The molecule has 1 rings (SSSR count). The van der Waals surface area contributed by atoms with Gasteiger partial charge in [0.15, 0.2) is 0 Å². The van der Waals surface area contributed by atoms with Crippen molar-refractivity contribution in [3.8, 4) is 0 Å². The second-order valence-electron chi connectivity index (χ2n) is 5.12. The van der Waals surface area contributed by atoms with Gasteiger partial charge >= 0.3 is 0 Å². The van der Waals surface area contributed by atoms with Crippen LogP contribution in [0.25, 0.3) is 0 Å². The van der Waals surface area contributed by atoms with Gasteiger partial charge in [-0.2, -0.15) is 5.10 Å². The molecule has 0 saturated carbocycles. The molecule has 0 radical (unpaired) electrons. The molecule has 3 heteroatoms. The van der Waals surface area contributed by atoms with E-state index < -0.39 is 0 Å². The van der Waals surface area contributed by atoms with Crippen LogP contribution in [0.15, 0.2) is 12.4 Å². The molecule has 14 heavy (non-hydrogen) atoms. The summed E-state index contributed by atoms with van der Waals surface area (Å²) in [6, 6.07) is 0. The van der Waals surface area contributed by atoms with Crippen LogP contribution < -0.4 is 5.32 Å². The second-order valence-corrected chi connectivity index (χ2v) is 5.12. The van der Waals surface area contributed by atoms with E-state index in [-0.39, 0.29) is 5.54 Å². The first-order chi connectivity index (χ1) is 6.39. The third-order valence-corrected chi connectivity index (χ3v) is 1.98. The molecule has 1 N–H and O–H groups in total. The van der Waals surface area contributed by atoms with Gasteiger partial charge < -0.3 is 5.32 Å². The van der Waals surface area contributed by atoms with E-state index in [1.165, 1.54) is 0 Å². The Morgan fingerprint density at radius 2 is 2.07 bits per heavy atom. The van der Waals surface area contributed by atoms with E-state index in [1.807, 2.05) is 10.9 Å². The highest BCUT2D eigenvalue weighted by Gasteiger charge is 2.13. The van der Waals surface area contributed by atoms with Crippen LogP contribution in [0.2, 0.25) is 0 Å². The number of nitrogens with one attached hydrogen (secondary N) is 1. The maximum atomic E-state index is 4.32. The average molecular weight is 195 g/mol. The molecule has 0 bridgehead atoms. The zero-order chi connectivity index (χ0) is 10.8. The van der Waals surface area contributed by atoms with Crippen molar-refractivity contribution in [1.29, 1.82) is 0 Å². The molecular weight excluding hydrogens is 174 g/mol. The first-order valence-electron chi connectivity index (χ1n) is 5.18. The van der Waals surface area contributed by atoms with E-state index in [9.17, 15) is 0 Å². The van der Waals surface area contributed by atoms with Gasteiger partial charge in [-0.3, -0.25) is 4.68 Å². The lowest BCUT2D eigenvalue weighted by atomic mass is 10.1. The first kappa shape index (κ1) is 11.1. The quantitative estimate of drug-likeness (QED) is 0.803. The standard InChI is InChI=1S/C11H21N3/c1-9(2)6-12-10-7-13-14(8-10)11(3,4)5/h7-9,12H,6H2,1-5H3. The molecule has 0 aliphatic heterocycles. The molecule has 1 aromatic rings. The Kier molecular flexibility index (Phi) is 3.19. The molecule has 3 nitrogen and oxygen atoms in total. The van der Waals surface area contributed by atoms with Crippen LogP contribution in [0.1, 0.15) is 34.6 Å². The van der Waals surface area contributed by atoms with Crippen LogP contribution in [0.3, 0.4) is 0 Å². The molecule has 0 unspecified atom stereocenters. The minimum Gasteiger partial charge on any atom is -0.382 e. The molecule has 0 atom stereocenters. The first-order valence-corrected chi connectivity index (χ1v) is 5.18. The van der Waals surface area contributed by atoms with Crippen molar-refractivity contribution in [2.75, 3.05) is 11.9 Å². The van der Waals surface area contributed by atoms with E-state index in [0.29, 0.717) is 5.92 Å². The summed E-state index contributed by atoms with van der Waals surface area (Å²) < 4.78 is 1.98. The zero-order valence-electron chi connectivity index (χ0n) is 9.83. The normalized spacial score (nSPS) is 12.1. The predicted molar refractivity (Wildman–Crippen MR) is 60.6 cm³/mol. The van der Waals surface area contributed by atoms with E-state index in [1.54, 1.807) is 0 Å². The molecule has 0 aliphatic rings. The molecule has 1 aromatic heterocycles. The fourth-order valence-corrected chi connectivity index (χ4v) is 1.10. The molecule has 0 aliphatic carbocycles. The van der Waals surface area contributed by atoms with Crippen molar-refractivity contribution in [2.45, 2.75) is 40.2 Å². The number of hydrogen-bond donors (Lipinski definition) is 1. The Labute approximate surface area is 86.5 Å². The van der Waals surface area contributed by atoms with Crippen LogP contribution in [0.5, 0.6) is 0 Å². The molecule has 0 aromatic carbocycles. The van der Waals surface area contributed by atoms with Crippen LogP contribution in [0.4, 0.5) is 5.69 Å². The number of aromatic nitrogens is 2. The lowest BCUT2D eigenvalue weighted by molar-refractivity contribution is 0.355. The fraction of sp³-hybridized carbons (Fsp3) is 0.727. The van der Waals surface area contributed by atoms with E-state index in [2.05, 4.69) is 51.2 Å². The summed E-state index contributed by atoms with van der Waals surface area (Å²) in [7, 11) is 0. The van der Waals surface area contributed by atoms with Gasteiger partial charge in [-0.15, -0.1) is 0 Å². The zero-order valence-corrected chi connectivity index (χ0v) is 9.83. The van der Waals surface area contributed by atoms with Crippen LogP contribution in [0, 0.1) is 5.92 Å². The van der Waals surface area contributed by atoms with E-state index in [4.69, 9.17) is 0 Å². The summed E-state index contributed by atoms with van der Waals surface area (Å²) in [5, 5.41) is 7.67. The minimum absolute atomic E-state index is 0.0672. The molecule has 80 valence electrons. The molecule has 1 heterocycles. The minimum atomic E-state index is 0.0672. The summed E-state index contributed by atoms with van der Waals surface area (Å²) in [4.78, 5) is 0. The van der Waals surface area contributed by atoms with Crippen molar-refractivity contribution in [3.05, 3.63) is 12.4 Å². The maximum absolute atomic E-state index is 4.32. The summed E-state index contributed by atoms with van der Waals surface area (Å²) in [5.41, 5.74) is 1.17. The van der Waals surface area contributed by atoms with Crippen molar-refractivity contribution >= 4 is 5.69 Å². The van der Waals surface area contributed by atoms with Gasteiger partial charge in [0.2, 0.25) is 0 Å². The van der Waals surface area contributed by atoms with Crippen molar-refractivity contribution in [3.63, 3.8) is 0 Å². The van der Waals surface area contributed by atoms with Gasteiger partial charge in [-0.25, -0.2) is 0 Å². The van der Waals surface area contributed by atoms with Gasteiger partial charge in [0.05, 0.1) is 17.4 Å². The highest BCUT2D eigenvalue weighted by atomic mass is 15.3. The Bertz CT molecular complexity index is 281. The molecule has 0 fully saturated rings. The maximum Gasteiger partial charge on any atom is 0.0726 e. The average Bonchev–Trinajstić information content (AvgIpc) is 2.47. The molecular formula is C11H21N3. The highest BCUT2D eigenvalue weighted by Crippen LogP contribution is 2.15. The van der Waals surface area contributed by atoms with E-state index >= 15 is 0 Å². The molecule has 0 spiro atoms. The van der Waals surface area contributed by atoms with Gasteiger partial charge in [0.25, 0.3) is 0 Å². The smallest absolute Gasteiger partial charge is 0.0726 e. The van der Waals surface area contributed by atoms with Crippen molar-refractivity contribution in [2.24, 2.45) is 5.92 Å². The largest absolute Gasteiger partial charge is 0.382 e. The third kappa shape index (κ3) is 3.05. The Hall–Kier alpha value is -0.990. The summed E-state index contributed by atoms with van der Waals surface area (Å²) in [6.45, 7) is 11.8. The Morgan fingerprint density at radius 3 is 2.50 bits per heavy atom. The number of hydrogen-bond acceptors (Lipinski definition) is 2. The van der Waals surface area contributed by atoms with E-state index in [0.717, 1.165) is 12.2 Å².